The van der Waals surface area contributed by atoms with Gasteiger partial charge in [0.15, 0.2) is 0 Å². The molecule has 2 rings (SSSR count). The van der Waals surface area contributed by atoms with Crippen LogP contribution in [0.1, 0.15) is 20.7 Å². The lowest BCUT2D eigenvalue weighted by molar-refractivity contribution is 0.0828. The third-order valence-corrected chi connectivity index (χ3v) is 3.37. The van der Waals surface area contributed by atoms with Gasteiger partial charge < -0.3 is 10.2 Å². The first-order valence-corrected chi connectivity index (χ1v) is 7.22. The smallest absolute Gasteiger partial charge is 0.255 e. The van der Waals surface area contributed by atoms with Gasteiger partial charge in [-0.25, -0.2) is 0 Å². The Hall–Kier alpha value is -2.04. The van der Waals surface area contributed by atoms with Crippen LogP contribution in [0, 0.1) is 0 Å². The molecule has 0 saturated heterocycles. The summed E-state index contributed by atoms with van der Waals surface area (Å²) in [5.41, 5.74) is 1.17. The molecule has 0 radical (unpaired) electrons. The molecule has 2 amide bonds. The third kappa shape index (κ3) is 3.78. The zero-order valence-corrected chi connectivity index (χ0v) is 13.6. The monoisotopic (exact) mass is 336 g/mol. The molecule has 4 nitrogen and oxygen atoms in total. The van der Waals surface area contributed by atoms with Crippen LogP contribution in [0.15, 0.2) is 42.5 Å². The van der Waals surface area contributed by atoms with Crippen molar-refractivity contribution in [1.29, 1.82) is 0 Å². The topological polar surface area (TPSA) is 49.4 Å². The number of rotatable bonds is 3. The third-order valence-electron chi connectivity index (χ3n) is 2.94. The minimum atomic E-state index is -0.386. The summed E-state index contributed by atoms with van der Waals surface area (Å²) >= 11 is 11.8. The molecule has 22 heavy (non-hydrogen) atoms. The Kier molecular flexibility index (Phi) is 5.06. The number of halogens is 2. The van der Waals surface area contributed by atoms with Crippen LogP contribution in [-0.4, -0.2) is 30.8 Å². The van der Waals surface area contributed by atoms with Crippen LogP contribution >= 0.6 is 23.2 Å². The standard InChI is InChI=1S/C16H14Cl2N2O2/c1-20(2)16(22)13-5-3-4-6-14(13)19-15(21)10-7-11(17)9-12(18)8-10/h3-9H,1-2H3,(H,19,21). The maximum absolute atomic E-state index is 12.3. The van der Waals surface area contributed by atoms with E-state index in [4.69, 9.17) is 23.2 Å². The number of carbonyl (C=O) groups is 2. The minimum Gasteiger partial charge on any atom is -0.345 e. The maximum Gasteiger partial charge on any atom is 0.255 e. The number of nitrogens with one attached hydrogen (secondary N) is 1. The summed E-state index contributed by atoms with van der Waals surface area (Å²) in [6, 6.07) is 11.4. The highest BCUT2D eigenvalue weighted by molar-refractivity contribution is 6.35. The lowest BCUT2D eigenvalue weighted by Crippen LogP contribution is -2.24. The Morgan fingerprint density at radius 2 is 1.59 bits per heavy atom. The van der Waals surface area contributed by atoms with Gasteiger partial charge in [-0.1, -0.05) is 35.3 Å². The van der Waals surface area contributed by atoms with Gasteiger partial charge >= 0.3 is 0 Å². The van der Waals surface area contributed by atoms with Gasteiger partial charge in [0.05, 0.1) is 11.3 Å². The van der Waals surface area contributed by atoms with Gasteiger partial charge in [0.25, 0.3) is 11.8 Å². The van der Waals surface area contributed by atoms with Crippen LogP contribution in [0.25, 0.3) is 0 Å². The molecule has 0 spiro atoms. The Balaban J connectivity index is 2.31. The number of hydrogen-bond acceptors (Lipinski definition) is 2. The molecule has 6 heteroatoms. The summed E-state index contributed by atoms with van der Waals surface area (Å²) in [5.74, 6) is -0.580. The predicted octanol–water partition coefficient (Wildman–Crippen LogP) is 3.95. The highest BCUT2D eigenvalue weighted by Crippen LogP contribution is 2.21. The quantitative estimate of drug-likeness (QED) is 0.922. The normalized spacial score (nSPS) is 10.2. The van der Waals surface area contributed by atoms with Gasteiger partial charge in [-0.05, 0) is 30.3 Å². The number of carbonyl (C=O) groups excluding carboxylic acids is 2. The lowest BCUT2D eigenvalue weighted by Gasteiger charge is -2.14. The first kappa shape index (κ1) is 16.3. The molecule has 0 aliphatic heterocycles. The average Bonchev–Trinajstić information content (AvgIpc) is 2.46. The van der Waals surface area contributed by atoms with Gasteiger partial charge in [0.2, 0.25) is 0 Å². The molecule has 0 aliphatic rings. The van der Waals surface area contributed by atoms with Gasteiger partial charge in [-0.2, -0.15) is 0 Å². The van der Waals surface area contributed by atoms with Crippen molar-refractivity contribution in [2.24, 2.45) is 0 Å². The summed E-state index contributed by atoms with van der Waals surface area (Å²) < 4.78 is 0. The van der Waals surface area contributed by atoms with Crippen LogP contribution in [-0.2, 0) is 0 Å². The second-order valence-electron chi connectivity index (χ2n) is 4.86. The van der Waals surface area contributed by atoms with Crippen LogP contribution in [0.4, 0.5) is 5.69 Å². The van der Waals surface area contributed by atoms with E-state index in [1.807, 2.05) is 0 Å². The molecule has 114 valence electrons. The first-order valence-electron chi connectivity index (χ1n) is 6.46. The Morgan fingerprint density at radius 3 is 2.18 bits per heavy atom. The number of amides is 2. The number of para-hydroxylation sites is 1. The molecule has 1 N–H and O–H groups in total. The molecule has 0 atom stereocenters. The van der Waals surface area contributed by atoms with Crippen LogP contribution in [0.3, 0.4) is 0 Å². The number of hydrogen-bond donors (Lipinski definition) is 1. The molecule has 2 aromatic carbocycles. The highest BCUT2D eigenvalue weighted by Gasteiger charge is 2.15. The Bertz CT molecular complexity index is 710. The molecule has 0 aromatic heterocycles. The zero-order chi connectivity index (χ0) is 16.3. The summed E-state index contributed by atoms with van der Waals surface area (Å²) in [5, 5.41) is 3.45. The predicted molar refractivity (Wildman–Crippen MR) is 88.9 cm³/mol. The van der Waals surface area contributed by atoms with Gasteiger partial charge in [-0.3, -0.25) is 9.59 Å². The minimum absolute atomic E-state index is 0.194. The molecule has 0 aliphatic carbocycles. The van der Waals surface area contributed by atoms with Crippen molar-refractivity contribution in [3.05, 3.63) is 63.6 Å². The van der Waals surface area contributed by atoms with E-state index < -0.39 is 0 Å². The van der Waals surface area contributed by atoms with Gasteiger partial charge in [0.1, 0.15) is 0 Å². The molecular formula is C16H14Cl2N2O2. The van der Waals surface area contributed by atoms with Crippen molar-refractivity contribution < 1.29 is 9.59 Å². The van der Waals surface area contributed by atoms with E-state index in [1.54, 1.807) is 44.4 Å². The lowest BCUT2D eigenvalue weighted by atomic mass is 10.1. The van der Waals surface area contributed by atoms with Crippen molar-refractivity contribution in [3.8, 4) is 0 Å². The summed E-state index contributed by atoms with van der Waals surface area (Å²) in [6.07, 6.45) is 0. The molecule has 0 bridgehead atoms. The van der Waals surface area contributed by atoms with Gasteiger partial charge in [0, 0.05) is 29.7 Å². The molecular weight excluding hydrogens is 323 g/mol. The number of benzene rings is 2. The van der Waals surface area contributed by atoms with Crippen LogP contribution in [0.5, 0.6) is 0 Å². The largest absolute Gasteiger partial charge is 0.345 e. The van der Waals surface area contributed by atoms with Crippen LogP contribution in [0.2, 0.25) is 10.0 Å². The van der Waals surface area contributed by atoms with Crippen molar-refractivity contribution >= 4 is 40.7 Å². The first-order chi connectivity index (χ1) is 10.4. The summed E-state index contributed by atoms with van der Waals surface area (Å²) in [7, 11) is 3.30. The molecule has 0 fully saturated rings. The Labute approximate surface area is 138 Å². The second kappa shape index (κ2) is 6.81. The summed E-state index contributed by atoms with van der Waals surface area (Å²) in [4.78, 5) is 25.9. The van der Waals surface area contributed by atoms with Crippen molar-refractivity contribution in [2.45, 2.75) is 0 Å². The van der Waals surface area contributed by atoms with Crippen LogP contribution < -0.4 is 5.32 Å². The molecule has 0 saturated carbocycles. The van der Waals surface area contributed by atoms with E-state index in [0.29, 0.717) is 26.9 Å². The maximum atomic E-state index is 12.3. The van der Waals surface area contributed by atoms with Crippen molar-refractivity contribution in [1.82, 2.24) is 4.90 Å². The average molecular weight is 337 g/mol. The fraction of sp³-hybridized carbons (Fsp3) is 0.125. The van der Waals surface area contributed by atoms with E-state index in [-0.39, 0.29) is 11.8 Å². The summed E-state index contributed by atoms with van der Waals surface area (Å²) in [6.45, 7) is 0. The number of nitrogens with zero attached hydrogens (tertiary/aromatic N) is 1. The van der Waals surface area contributed by atoms with Gasteiger partial charge in [-0.15, -0.1) is 0 Å². The van der Waals surface area contributed by atoms with E-state index in [9.17, 15) is 9.59 Å². The second-order valence-corrected chi connectivity index (χ2v) is 5.73. The van der Waals surface area contributed by atoms with E-state index in [2.05, 4.69) is 5.32 Å². The fourth-order valence-electron chi connectivity index (χ4n) is 1.90. The molecule has 0 heterocycles. The molecule has 2 aromatic rings. The zero-order valence-electron chi connectivity index (χ0n) is 12.1. The Morgan fingerprint density at radius 1 is 1.00 bits per heavy atom. The molecule has 0 unspecified atom stereocenters. The SMILES string of the molecule is CN(C)C(=O)c1ccccc1NC(=O)c1cc(Cl)cc(Cl)c1. The highest BCUT2D eigenvalue weighted by atomic mass is 35.5. The van der Waals surface area contributed by atoms with E-state index >= 15 is 0 Å². The van der Waals surface area contributed by atoms with Crippen molar-refractivity contribution in [2.75, 3.05) is 19.4 Å². The number of anilines is 1. The fourth-order valence-corrected chi connectivity index (χ4v) is 2.42. The van der Waals surface area contributed by atoms with Crippen molar-refractivity contribution in [3.63, 3.8) is 0 Å². The van der Waals surface area contributed by atoms with E-state index in [1.165, 1.54) is 17.0 Å². The van der Waals surface area contributed by atoms with E-state index in [0.717, 1.165) is 0 Å².